The summed E-state index contributed by atoms with van der Waals surface area (Å²) in [6, 6.07) is 11.3. The minimum atomic E-state index is 0.640. The van der Waals surface area contributed by atoms with Gasteiger partial charge in [0.1, 0.15) is 5.82 Å². The topological polar surface area (TPSA) is 20.5 Å². The maximum Gasteiger partial charge on any atom is 0.135 e. The fraction of sp³-hybridized carbons (Fsp3) is 0.421. The Balaban J connectivity index is 2.09. The molecular weight excluding hydrogens is 270 g/mol. The molecule has 0 spiro atoms. The SMILES string of the molecule is C=Nc1c(C)c(CC2CCCN2C)c(-c2ccccc2)n1C. The molecule has 1 aliphatic heterocycles. The van der Waals surface area contributed by atoms with Gasteiger partial charge in [-0.1, -0.05) is 30.3 Å². The number of aromatic nitrogens is 1. The highest BCUT2D eigenvalue weighted by atomic mass is 15.1. The predicted molar refractivity (Wildman–Crippen MR) is 94.2 cm³/mol. The van der Waals surface area contributed by atoms with Gasteiger partial charge >= 0.3 is 0 Å². The van der Waals surface area contributed by atoms with Crippen LogP contribution in [-0.2, 0) is 13.5 Å². The predicted octanol–water partition coefficient (Wildman–Crippen LogP) is 3.97. The summed E-state index contributed by atoms with van der Waals surface area (Å²) in [6.07, 6.45) is 3.69. The molecule has 1 saturated heterocycles. The summed E-state index contributed by atoms with van der Waals surface area (Å²) in [5.41, 5.74) is 5.26. The van der Waals surface area contributed by atoms with Gasteiger partial charge in [-0.25, -0.2) is 4.99 Å². The average Bonchev–Trinajstić information content (AvgIpc) is 3.03. The molecule has 1 aromatic heterocycles. The second-order valence-corrected chi connectivity index (χ2v) is 6.34. The lowest BCUT2D eigenvalue weighted by molar-refractivity contribution is 0.309. The van der Waals surface area contributed by atoms with Crippen molar-refractivity contribution >= 4 is 12.5 Å². The fourth-order valence-electron chi connectivity index (χ4n) is 3.78. The van der Waals surface area contributed by atoms with Crippen LogP contribution in [0.25, 0.3) is 11.3 Å². The Morgan fingerprint density at radius 1 is 1.23 bits per heavy atom. The maximum absolute atomic E-state index is 4.27. The third kappa shape index (κ3) is 2.50. The molecule has 2 heterocycles. The smallest absolute Gasteiger partial charge is 0.135 e. The van der Waals surface area contributed by atoms with Gasteiger partial charge < -0.3 is 9.47 Å². The van der Waals surface area contributed by atoms with Crippen molar-refractivity contribution in [2.45, 2.75) is 32.2 Å². The van der Waals surface area contributed by atoms with E-state index in [1.165, 1.54) is 41.8 Å². The summed E-state index contributed by atoms with van der Waals surface area (Å²) in [5.74, 6) is 0.995. The first-order valence-corrected chi connectivity index (χ1v) is 8.04. The van der Waals surface area contributed by atoms with Crippen LogP contribution < -0.4 is 0 Å². The van der Waals surface area contributed by atoms with Crippen molar-refractivity contribution in [1.29, 1.82) is 0 Å². The number of rotatable bonds is 4. The minimum absolute atomic E-state index is 0.640. The van der Waals surface area contributed by atoms with E-state index in [9.17, 15) is 0 Å². The van der Waals surface area contributed by atoms with E-state index >= 15 is 0 Å². The number of likely N-dealkylation sites (tertiary alicyclic amines) is 1. The molecule has 1 aromatic carbocycles. The van der Waals surface area contributed by atoms with E-state index in [-0.39, 0.29) is 0 Å². The van der Waals surface area contributed by atoms with Gasteiger partial charge in [0, 0.05) is 13.1 Å². The van der Waals surface area contributed by atoms with Crippen molar-refractivity contribution in [3.05, 3.63) is 41.5 Å². The highest BCUT2D eigenvalue weighted by molar-refractivity contribution is 5.72. The zero-order valence-corrected chi connectivity index (χ0v) is 13.8. The van der Waals surface area contributed by atoms with E-state index < -0.39 is 0 Å². The van der Waals surface area contributed by atoms with E-state index in [4.69, 9.17) is 0 Å². The zero-order valence-electron chi connectivity index (χ0n) is 13.8. The first-order valence-electron chi connectivity index (χ1n) is 8.04. The molecule has 0 aliphatic carbocycles. The third-order valence-electron chi connectivity index (χ3n) is 5.04. The van der Waals surface area contributed by atoms with Crippen LogP contribution in [0, 0.1) is 6.92 Å². The third-order valence-corrected chi connectivity index (χ3v) is 5.04. The molecule has 0 N–H and O–H groups in total. The Morgan fingerprint density at radius 3 is 2.55 bits per heavy atom. The molecule has 2 aromatic rings. The van der Waals surface area contributed by atoms with Gasteiger partial charge in [0.2, 0.25) is 0 Å². The highest BCUT2D eigenvalue weighted by Crippen LogP contribution is 2.37. The van der Waals surface area contributed by atoms with Gasteiger partial charge in [-0.15, -0.1) is 0 Å². The van der Waals surface area contributed by atoms with E-state index in [0.717, 1.165) is 12.2 Å². The quantitative estimate of drug-likeness (QED) is 0.782. The molecule has 1 atom stereocenters. The molecule has 0 saturated carbocycles. The molecule has 3 nitrogen and oxygen atoms in total. The normalized spacial score (nSPS) is 18.8. The summed E-state index contributed by atoms with van der Waals surface area (Å²) < 4.78 is 2.20. The Labute approximate surface area is 133 Å². The highest BCUT2D eigenvalue weighted by Gasteiger charge is 2.26. The van der Waals surface area contributed by atoms with Crippen LogP contribution in [0.5, 0.6) is 0 Å². The summed E-state index contributed by atoms with van der Waals surface area (Å²) in [7, 11) is 4.34. The monoisotopic (exact) mass is 295 g/mol. The minimum Gasteiger partial charge on any atom is -0.328 e. The number of benzene rings is 1. The molecule has 1 fully saturated rings. The molecule has 0 amide bonds. The average molecular weight is 295 g/mol. The van der Waals surface area contributed by atoms with Crippen molar-refractivity contribution in [1.82, 2.24) is 9.47 Å². The second kappa shape index (κ2) is 6.09. The summed E-state index contributed by atoms with van der Waals surface area (Å²) >= 11 is 0. The lowest BCUT2D eigenvalue weighted by Crippen LogP contribution is -2.27. The summed E-state index contributed by atoms with van der Waals surface area (Å²) in [6.45, 7) is 7.16. The Bertz CT molecular complexity index is 670. The molecule has 0 radical (unpaired) electrons. The Hall–Kier alpha value is -1.87. The lowest BCUT2D eigenvalue weighted by atomic mass is 9.97. The van der Waals surface area contributed by atoms with Crippen LogP contribution in [0.1, 0.15) is 24.0 Å². The Morgan fingerprint density at radius 2 is 1.95 bits per heavy atom. The Kier molecular flexibility index (Phi) is 4.16. The summed E-state index contributed by atoms with van der Waals surface area (Å²) in [4.78, 5) is 6.76. The van der Waals surface area contributed by atoms with Crippen molar-refractivity contribution < 1.29 is 0 Å². The van der Waals surface area contributed by atoms with Crippen LogP contribution in [0.3, 0.4) is 0 Å². The van der Waals surface area contributed by atoms with Crippen LogP contribution in [0.4, 0.5) is 5.82 Å². The second-order valence-electron chi connectivity index (χ2n) is 6.34. The van der Waals surface area contributed by atoms with Crippen molar-refractivity contribution in [3.63, 3.8) is 0 Å². The molecular formula is C19H25N3. The van der Waals surface area contributed by atoms with E-state index in [1.54, 1.807) is 0 Å². The van der Waals surface area contributed by atoms with E-state index in [0.29, 0.717) is 6.04 Å². The lowest BCUT2D eigenvalue weighted by Gasteiger charge is -2.20. The molecule has 1 aliphatic rings. The van der Waals surface area contributed by atoms with Gasteiger partial charge in [-0.3, -0.25) is 0 Å². The van der Waals surface area contributed by atoms with Crippen molar-refractivity contribution in [3.8, 4) is 11.3 Å². The molecule has 1 unspecified atom stereocenters. The van der Waals surface area contributed by atoms with Gasteiger partial charge in [0.15, 0.2) is 0 Å². The van der Waals surface area contributed by atoms with Gasteiger partial charge in [-0.2, -0.15) is 0 Å². The first kappa shape index (κ1) is 15.0. The largest absolute Gasteiger partial charge is 0.328 e. The van der Waals surface area contributed by atoms with Crippen LogP contribution in [-0.4, -0.2) is 35.8 Å². The molecule has 22 heavy (non-hydrogen) atoms. The zero-order chi connectivity index (χ0) is 15.7. The van der Waals surface area contributed by atoms with E-state index in [1.807, 2.05) is 0 Å². The van der Waals surface area contributed by atoms with Crippen molar-refractivity contribution in [2.75, 3.05) is 13.6 Å². The van der Waals surface area contributed by atoms with Crippen molar-refractivity contribution in [2.24, 2.45) is 12.0 Å². The van der Waals surface area contributed by atoms with E-state index in [2.05, 4.69) is 72.5 Å². The number of aliphatic imine (C=N–C) groups is 1. The van der Waals surface area contributed by atoms with Crippen LogP contribution >= 0.6 is 0 Å². The molecule has 3 rings (SSSR count). The van der Waals surface area contributed by atoms with Gasteiger partial charge in [0.25, 0.3) is 0 Å². The molecule has 3 heteroatoms. The molecule has 116 valence electrons. The molecule has 0 bridgehead atoms. The number of hydrogen-bond donors (Lipinski definition) is 0. The fourth-order valence-corrected chi connectivity index (χ4v) is 3.78. The standard InChI is InChI=1S/C19H25N3/c1-14-17(13-16-11-8-12-21(16)3)18(22(4)19(14)20-2)15-9-6-5-7-10-15/h5-7,9-10,16H,2,8,11-13H2,1,3-4H3. The van der Waals surface area contributed by atoms with Gasteiger partial charge in [-0.05, 0) is 63.2 Å². The number of likely N-dealkylation sites (N-methyl/N-ethyl adjacent to an activating group) is 1. The van der Waals surface area contributed by atoms with Crippen LogP contribution in [0.15, 0.2) is 35.3 Å². The number of hydrogen-bond acceptors (Lipinski definition) is 2. The van der Waals surface area contributed by atoms with Crippen LogP contribution in [0.2, 0.25) is 0 Å². The first-order chi connectivity index (χ1) is 10.6. The maximum atomic E-state index is 4.27. The number of nitrogens with zero attached hydrogens (tertiary/aromatic N) is 3. The van der Waals surface area contributed by atoms with Gasteiger partial charge in [0.05, 0.1) is 5.69 Å². The summed E-state index contributed by atoms with van der Waals surface area (Å²) in [5, 5.41) is 0.